The van der Waals surface area contributed by atoms with Crippen molar-refractivity contribution in [2.75, 3.05) is 20.2 Å². The van der Waals surface area contributed by atoms with E-state index in [4.69, 9.17) is 9.84 Å². The number of benzene rings is 1. The molecule has 6 heteroatoms. The summed E-state index contributed by atoms with van der Waals surface area (Å²) in [6.07, 6.45) is -1.86. The van der Waals surface area contributed by atoms with Gasteiger partial charge in [-0.25, -0.2) is 9.18 Å². The molecular weight excluding hydrogens is 263 g/mol. The Balaban J connectivity index is 1.94. The molecule has 2 N–H and O–H groups in total. The van der Waals surface area contributed by atoms with Gasteiger partial charge in [0.05, 0.1) is 7.11 Å². The van der Waals surface area contributed by atoms with E-state index in [0.717, 1.165) is 11.3 Å². The number of carbonyl (C=O) groups is 1. The van der Waals surface area contributed by atoms with Gasteiger partial charge >= 0.3 is 6.09 Å². The molecule has 1 aliphatic heterocycles. The standard InChI is InChI=1S/C14H19FN2O3/c1-20-13-4-2-10(3-5-13)7-17-8-11(15)6-12(9-17)16-14(18)19/h2-5,11-12,16H,6-9H2,1H3,(H,18,19)/t11-,12-/m1/s1. The summed E-state index contributed by atoms with van der Waals surface area (Å²) < 4.78 is 18.7. The molecule has 0 saturated carbocycles. The molecule has 1 fully saturated rings. The smallest absolute Gasteiger partial charge is 0.404 e. The lowest BCUT2D eigenvalue weighted by Gasteiger charge is -2.34. The van der Waals surface area contributed by atoms with Crippen molar-refractivity contribution in [2.24, 2.45) is 0 Å². The maximum absolute atomic E-state index is 13.7. The Labute approximate surface area is 117 Å². The predicted molar refractivity (Wildman–Crippen MR) is 72.7 cm³/mol. The van der Waals surface area contributed by atoms with E-state index >= 15 is 0 Å². The third-order valence-electron chi connectivity index (χ3n) is 3.37. The first-order valence-corrected chi connectivity index (χ1v) is 6.55. The molecule has 5 nitrogen and oxygen atoms in total. The van der Waals surface area contributed by atoms with E-state index < -0.39 is 12.3 Å². The fourth-order valence-electron chi connectivity index (χ4n) is 2.52. The maximum atomic E-state index is 13.7. The van der Waals surface area contributed by atoms with E-state index in [0.29, 0.717) is 19.6 Å². The topological polar surface area (TPSA) is 61.8 Å². The number of amides is 1. The molecule has 2 atom stereocenters. The number of nitrogens with zero attached hydrogens (tertiary/aromatic N) is 1. The Kier molecular flexibility index (Phi) is 4.79. The normalized spacial score (nSPS) is 23.3. The van der Waals surface area contributed by atoms with Gasteiger partial charge < -0.3 is 15.2 Å². The summed E-state index contributed by atoms with van der Waals surface area (Å²) in [5.41, 5.74) is 1.05. The summed E-state index contributed by atoms with van der Waals surface area (Å²) in [6, 6.07) is 7.23. The van der Waals surface area contributed by atoms with Crippen LogP contribution in [0.1, 0.15) is 12.0 Å². The number of hydrogen-bond donors (Lipinski definition) is 2. The van der Waals surface area contributed by atoms with Crippen molar-refractivity contribution in [1.82, 2.24) is 10.2 Å². The van der Waals surface area contributed by atoms with Gasteiger partial charge in [-0.1, -0.05) is 12.1 Å². The molecule has 0 aromatic heterocycles. The van der Waals surface area contributed by atoms with Crippen molar-refractivity contribution in [1.29, 1.82) is 0 Å². The van der Waals surface area contributed by atoms with Crippen molar-refractivity contribution in [3.05, 3.63) is 29.8 Å². The van der Waals surface area contributed by atoms with E-state index in [-0.39, 0.29) is 12.5 Å². The summed E-state index contributed by atoms with van der Waals surface area (Å²) >= 11 is 0. The summed E-state index contributed by atoms with van der Waals surface area (Å²) in [5, 5.41) is 11.1. The second kappa shape index (κ2) is 6.56. The van der Waals surface area contributed by atoms with Crippen LogP contribution in [0.15, 0.2) is 24.3 Å². The van der Waals surface area contributed by atoms with Gasteiger partial charge in [0.25, 0.3) is 0 Å². The van der Waals surface area contributed by atoms with Crippen LogP contribution in [0.25, 0.3) is 0 Å². The van der Waals surface area contributed by atoms with Crippen LogP contribution in [-0.2, 0) is 6.54 Å². The highest BCUT2D eigenvalue weighted by Gasteiger charge is 2.28. The Hall–Kier alpha value is -1.82. The number of halogens is 1. The Bertz CT molecular complexity index is 452. The number of likely N-dealkylation sites (tertiary alicyclic amines) is 1. The summed E-state index contributed by atoms with van der Waals surface area (Å²) in [4.78, 5) is 12.6. The minimum atomic E-state index is -1.10. The number of carboxylic acid groups (broad SMARTS) is 1. The lowest BCUT2D eigenvalue weighted by molar-refractivity contribution is 0.103. The minimum absolute atomic E-state index is 0.241. The van der Waals surface area contributed by atoms with Gasteiger partial charge in [0.2, 0.25) is 0 Å². The average Bonchev–Trinajstić information content (AvgIpc) is 2.38. The molecule has 1 aromatic rings. The molecule has 0 unspecified atom stereocenters. The first-order valence-electron chi connectivity index (χ1n) is 6.55. The molecule has 2 rings (SSSR count). The predicted octanol–water partition coefficient (Wildman–Crippen LogP) is 1.88. The molecule has 0 bridgehead atoms. The fraction of sp³-hybridized carbons (Fsp3) is 0.500. The lowest BCUT2D eigenvalue weighted by Crippen LogP contribution is -2.50. The van der Waals surface area contributed by atoms with Crippen LogP contribution >= 0.6 is 0 Å². The molecule has 1 saturated heterocycles. The molecule has 0 radical (unpaired) electrons. The van der Waals surface area contributed by atoms with Crippen LogP contribution in [-0.4, -0.2) is 48.5 Å². The highest BCUT2D eigenvalue weighted by Crippen LogP contribution is 2.18. The third kappa shape index (κ3) is 4.09. The second-order valence-corrected chi connectivity index (χ2v) is 5.02. The monoisotopic (exact) mass is 282 g/mol. The van der Waals surface area contributed by atoms with E-state index in [9.17, 15) is 9.18 Å². The number of hydrogen-bond acceptors (Lipinski definition) is 3. The highest BCUT2D eigenvalue weighted by atomic mass is 19.1. The van der Waals surface area contributed by atoms with Gasteiger partial charge in [0, 0.05) is 32.1 Å². The first kappa shape index (κ1) is 14.6. The van der Waals surface area contributed by atoms with Gasteiger partial charge in [0.1, 0.15) is 11.9 Å². The first-order chi connectivity index (χ1) is 9.56. The van der Waals surface area contributed by atoms with E-state index in [1.165, 1.54) is 0 Å². The molecule has 0 spiro atoms. The van der Waals surface area contributed by atoms with Gasteiger partial charge in [-0.15, -0.1) is 0 Å². The molecular formula is C14H19FN2O3. The van der Waals surface area contributed by atoms with Crippen molar-refractivity contribution in [2.45, 2.75) is 25.2 Å². The average molecular weight is 282 g/mol. The third-order valence-corrected chi connectivity index (χ3v) is 3.37. The van der Waals surface area contributed by atoms with Gasteiger partial charge in [0.15, 0.2) is 0 Å². The molecule has 1 heterocycles. The van der Waals surface area contributed by atoms with E-state index in [1.54, 1.807) is 7.11 Å². The highest BCUT2D eigenvalue weighted by molar-refractivity contribution is 5.64. The molecule has 0 aliphatic carbocycles. The van der Waals surface area contributed by atoms with Crippen LogP contribution in [0.3, 0.4) is 0 Å². The van der Waals surface area contributed by atoms with Crippen molar-refractivity contribution in [3.8, 4) is 5.75 Å². The number of ether oxygens (including phenoxy) is 1. The van der Waals surface area contributed by atoms with Crippen molar-refractivity contribution < 1.29 is 19.0 Å². The summed E-state index contributed by atoms with van der Waals surface area (Å²) in [6.45, 7) is 1.46. The Morgan fingerprint density at radius 1 is 1.45 bits per heavy atom. The van der Waals surface area contributed by atoms with E-state index in [2.05, 4.69) is 5.32 Å². The number of methoxy groups -OCH3 is 1. The molecule has 1 aliphatic rings. The number of piperidine rings is 1. The molecule has 20 heavy (non-hydrogen) atoms. The zero-order valence-corrected chi connectivity index (χ0v) is 11.4. The Morgan fingerprint density at radius 3 is 2.75 bits per heavy atom. The van der Waals surface area contributed by atoms with Crippen molar-refractivity contribution >= 4 is 6.09 Å². The van der Waals surface area contributed by atoms with Crippen LogP contribution in [0, 0.1) is 0 Å². The van der Waals surface area contributed by atoms with Crippen LogP contribution < -0.4 is 10.1 Å². The number of rotatable bonds is 4. The van der Waals surface area contributed by atoms with Gasteiger partial charge in [-0.3, -0.25) is 4.90 Å². The number of alkyl halides is 1. The minimum Gasteiger partial charge on any atom is -0.497 e. The summed E-state index contributed by atoms with van der Waals surface area (Å²) in [7, 11) is 1.61. The zero-order chi connectivity index (χ0) is 14.5. The van der Waals surface area contributed by atoms with Crippen LogP contribution in [0.2, 0.25) is 0 Å². The quantitative estimate of drug-likeness (QED) is 0.885. The number of nitrogens with one attached hydrogen (secondary N) is 1. The van der Waals surface area contributed by atoms with Crippen LogP contribution in [0.5, 0.6) is 5.75 Å². The van der Waals surface area contributed by atoms with Gasteiger partial charge in [-0.05, 0) is 17.7 Å². The van der Waals surface area contributed by atoms with Crippen molar-refractivity contribution in [3.63, 3.8) is 0 Å². The molecule has 110 valence electrons. The largest absolute Gasteiger partial charge is 0.497 e. The maximum Gasteiger partial charge on any atom is 0.404 e. The second-order valence-electron chi connectivity index (χ2n) is 5.02. The van der Waals surface area contributed by atoms with Crippen LogP contribution in [0.4, 0.5) is 9.18 Å². The lowest BCUT2D eigenvalue weighted by atomic mass is 10.0. The fourth-order valence-corrected chi connectivity index (χ4v) is 2.52. The van der Waals surface area contributed by atoms with E-state index in [1.807, 2.05) is 29.2 Å². The Morgan fingerprint density at radius 2 is 2.15 bits per heavy atom. The SMILES string of the molecule is COc1ccc(CN2C[C@H](F)C[C@@H](NC(=O)O)C2)cc1. The summed E-state index contributed by atoms with van der Waals surface area (Å²) in [5.74, 6) is 0.779. The molecule has 1 amide bonds. The molecule has 1 aromatic carbocycles. The zero-order valence-electron chi connectivity index (χ0n) is 11.4. The van der Waals surface area contributed by atoms with Gasteiger partial charge in [-0.2, -0.15) is 0 Å².